The van der Waals surface area contributed by atoms with Gasteiger partial charge in [0.25, 0.3) is 5.91 Å². The van der Waals surface area contributed by atoms with E-state index in [4.69, 9.17) is 4.74 Å². The second-order valence-corrected chi connectivity index (χ2v) is 9.19. The van der Waals surface area contributed by atoms with Crippen molar-refractivity contribution in [3.05, 3.63) is 89.5 Å². The molecule has 38 heavy (non-hydrogen) atoms. The highest BCUT2D eigenvalue weighted by molar-refractivity contribution is 6.04. The first-order valence-electron chi connectivity index (χ1n) is 12.1. The van der Waals surface area contributed by atoms with Gasteiger partial charge in [-0.1, -0.05) is 12.1 Å². The van der Waals surface area contributed by atoms with Gasteiger partial charge in [-0.15, -0.1) is 0 Å². The largest absolute Gasteiger partial charge is 0.416 e. The number of halogens is 3. The molecule has 5 rings (SSSR count). The molecule has 2 aromatic heterocycles. The summed E-state index contributed by atoms with van der Waals surface area (Å²) in [4.78, 5) is 19.4. The zero-order valence-corrected chi connectivity index (χ0v) is 20.9. The Hall–Kier alpha value is -4.18. The maximum absolute atomic E-state index is 13.3. The van der Waals surface area contributed by atoms with Crippen LogP contribution in [0.15, 0.2) is 67.3 Å². The number of amides is 1. The molecule has 1 aliphatic rings. The third-order valence-electron chi connectivity index (χ3n) is 6.53. The van der Waals surface area contributed by atoms with Gasteiger partial charge in [0.05, 0.1) is 42.5 Å². The lowest BCUT2D eigenvalue weighted by Gasteiger charge is -2.28. The van der Waals surface area contributed by atoms with Crippen LogP contribution in [0.2, 0.25) is 0 Å². The van der Waals surface area contributed by atoms with Crippen molar-refractivity contribution in [2.75, 3.05) is 36.5 Å². The van der Waals surface area contributed by atoms with Crippen LogP contribution in [-0.4, -0.2) is 47.0 Å². The van der Waals surface area contributed by atoms with Crippen LogP contribution in [0.4, 0.5) is 24.5 Å². The Bertz CT molecular complexity index is 1480. The molecular weight excluding hydrogens is 495 g/mol. The van der Waals surface area contributed by atoms with Crippen molar-refractivity contribution in [3.8, 4) is 16.8 Å². The molecule has 0 bridgehead atoms. The van der Waals surface area contributed by atoms with E-state index in [2.05, 4.69) is 26.4 Å². The Kier molecular flexibility index (Phi) is 6.90. The predicted octanol–water partition coefficient (Wildman–Crippen LogP) is 5.66. The van der Waals surface area contributed by atoms with Gasteiger partial charge in [0, 0.05) is 47.9 Å². The second kappa shape index (κ2) is 10.3. The number of anilines is 2. The van der Waals surface area contributed by atoms with E-state index < -0.39 is 17.6 Å². The van der Waals surface area contributed by atoms with Gasteiger partial charge in [0.15, 0.2) is 0 Å². The van der Waals surface area contributed by atoms with Gasteiger partial charge in [-0.2, -0.15) is 18.3 Å². The SMILES string of the molecule is Cc1ccc(NC(=O)c2ccc(C)c(C(F)(F)F)c2)cc1-n1cc(-c2cncc(N3CCOCC3)c2)cn1. The minimum Gasteiger partial charge on any atom is -0.378 e. The van der Waals surface area contributed by atoms with Gasteiger partial charge in [-0.3, -0.25) is 9.78 Å². The quantitative estimate of drug-likeness (QED) is 0.367. The number of pyridine rings is 1. The number of benzene rings is 2. The standard InChI is InChI=1S/C28H26F3N5O2/c1-18-3-5-20(12-25(18)28(29,30)31)27(37)34-23-6-4-19(2)26(13-23)36-17-22(15-33-36)21-11-24(16-32-14-21)35-7-9-38-10-8-35/h3-6,11-17H,7-10H2,1-2H3,(H,34,37). The van der Waals surface area contributed by atoms with Crippen molar-refractivity contribution < 1.29 is 22.7 Å². The molecule has 3 heterocycles. The van der Waals surface area contributed by atoms with E-state index in [9.17, 15) is 18.0 Å². The summed E-state index contributed by atoms with van der Waals surface area (Å²) >= 11 is 0. The van der Waals surface area contributed by atoms with Gasteiger partial charge >= 0.3 is 6.18 Å². The van der Waals surface area contributed by atoms with Gasteiger partial charge in [0.2, 0.25) is 0 Å². The third kappa shape index (κ3) is 5.40. The summed E-state index contributed by atoms with van der Waals surface area (Å²) in [5.74, 6) is -0.627. The highest BCUT2D eigenvalue weighted by atomic mass is 19.4. The second-order valence-electron chi connectivity index (χ2n) is 9.19. The van der Waals surface area contributed by atoms with E-state index >= 15 is 0 Å². The van der Waals surface area contributed by atoms with Crippen molar-refractivity contribution in [3.63, 3.8) is 0 Å². The minimum absolute atomic E-state index is 0.0619. The lowest BCUT2D eigenvalue weighted by atomic mass is 10.0. The summed E-state index contributed by atoms with van der Waals surface area (Å²) in [6, 6.07) is 10.9. The molecule has 0 spiro atoms. The first kappa shape index (κ1) is 25.5. The number of alkyl halides is 3. The molecule has 10 heteroatoms. The first-order valence-corrected chi connectivity index (χ1v) is 12.1. The number of hydrogen-bond acceptors (Lipinski definition) is 5. The molecule has 1 N–H and O–H groups in total. The molecule has 1 saturated heterocycles. The van der Waals surface area contributed by atoms with Gasteiger partial charge < -0.3 is 15.0 Å². The molecule has 196 valence electrons. The number of aromatic nitrogens is 3. The number of aryl methyl sites for hydroxylation is 2. The normalized spacial score (nSPS) is 14.0. The van der Waals surface area contributed by atoms with Gasteiger partial charge in [-0.25, -0.2) is 4.68 Å². The molecule has 7 nitrogen and oxygen atoms in total. The Morgan fingerprint density at radius 2 is 1.71 bits per heavy atom. The van der Waals surface area contributed by atoms with Crippen LogP contribution in [0.5, 0.6) is 0 Å². The highest BCUT2D eigenvalue weighted by Crippen LogP contribution is 2.33. The third-order valence-corrected chi connectivity index (χ3v) is 6.53. The van der Waals surface area contributed by atoms with Crippen molar-refractivity contribution in [1.82, 2.24) is 14.8 Å². The maximum Gasteiger partial charge on any atom is 0.416 e. The van der Waals surface area contributed by atoms with E-state index in [1.54, 1.807) is 29.2 Å². The number of hydrogen-bond donors (Lipinski definition) is 1. The maximum atomic E-state index is 13.3. The van der Waals surface area contributed by atoms with Crippen LogP contribution in [0.25, 0.3) is 16.8 Å². The Morgan fingerprint density at radius 3 is 2.47 bits per heavy atom. The fraction of sp³-hybridized carbons (Fsp3) is 0.250. The smallest absolute Gasteiger partial charge is 0.378 e. The van der Waals surface area contributed by atoms with Crippen LogP contribution in [0.3, 0.4) is 0 Å². The zero-order valence-electron chi connectivity index (χ0n) is 20.9. The summed E-state index contributed by atoms with van der Waals surface area (Å²) in [7, 11) is 0. The Morgan fingerprint density at radius 1 is 0.947 bits per heavy atom. The van der Waals surface area contributed by atoms with Crippen molar-refractivity contribution in [2.24, 2.45) is 0 Å². The van der Waals surface area contributed by atoms with Crippen LogP contribution in [-0.2, 0) is 10.9 Å². The number of morpholine rings is 1. The van der Waals surface area contributed by atoms with E-state index in [0.29, 0.717) is 18.9 Å². The summed E-state index contributed by atoms with van der Waals surface area (Å²) in [5, 5.41) is 7.21. The zero-order chi connectivity index (χ0) is 26.9. The molecule has 1 aliphatic heterocycles. The summed E-state index contributed by atoms with van der Waals surface area (Å²) in [6.45, 7) is 6.26. The predicted molar refractivity (Wildman–Crippen MR) is 139 cm³/mol. The van der Waals surface area contributed by atoms with Crippen molar-refractivity contribution in [2.45, 2.75) is 20.0 Å². The molecule has 0 unspecified atom stereocenters. The summed E-state index contributed by atoms with van der Waals surface area (Å²) in [6.07, 6.45) is 2.71. The van der Waals surface area contributed by atoms with Crippen molar-refractivity contribution >= 4 is 17.3 Å². The number of carbonyl (C=O) groups excluding carboxylic acids is 1. The fourth-order valence-electron chi connectivity index (χ4n) is 4.39. The number of rotatable bonds is 5. The van der Waals surface area contributed by atoms with Crippen LogP contribution < -0.4 is 10.2 Å². The van der Waals surface area contributed by atoms with Gasteiger partial charge in [0.1, 0.15) is 0 Å². The summed E-state index contributed by atoms with van der Waals surface area (Å²) in [5.41, 5.74) is 4.06. The lowest BCUT2D eigenvalue weighted by molar-refractivity contribution is -0.138. The average Bonchev–Trinajstić information content (AvgIpc) is 3.40. The molecule has 0 radical (unpaired) electrons. The Balaban J connectivity index is 1.37. The van der Waals surface area contributed by atoms with Crippen LogP contribution >= 0.6 is 0 Å². The number of carbonyl (C=O) groups is 1. The molecule has 4 aromatic rings. The van der Waals surface area contributed by atoms with E-state index in [1.807, 2.05) is 25.4 Å². The van der Waals surface area contributed by atoms with Crippen LogP contribution in [0.1, 0.15) is 27.0 Å². The summed E-state index contributed by atoms with van der Waals surface area (Å²) < 4.78 is 47.0. The number of ether oxygens (including phenoxy) is 1. The average molecular weight is 522 g/mol. The van der Waals surface area contributed by atoms with Gasteiger partial charge in [-0.05, 0) is 55.3 Å². The molecule has 0 saturated carbocycles. The molecule has 1 fully saturated rings. The highest BCUT2D eigenvalue weighted by Gasteiger charge is 2.33. The Labute approximate surface area is 217 Å². The minimum atomic E-state index is -4.54. The van der Waals surface area contributed by atoms with Crippen molar-refractivity contribution in [1.29, 1.82) is 0 Å². The number of nitrogens with one attached hydrogen (secondary N) is 1. The topological polar surface area (TPSA) is 72.3 Å². The van der Waals surface area contributed by atoms with E-state index in [1.165, 1.54) is 19.1 Å². The molecule has 2 aromatic carbocycles. The monoisotopic (exact) mass is 521 g/mol. The fourth-order valence-corrected chi connectivity index (χ4v) is 4.39. The molecule has 0 aliphatic carbocycles. The molecule has 1 amide bonds. The van der Waals surface area contributed by atoms with Crippen LogP contribution in [0, 0.1) is 13.8 Å². The lowest BCUT2D eigenvalue weighted by Crippen LogP contribution is -2.36. The molecule has 0 atom stereocenters. The first-order chi connectivity index (χ1) is 18.2. The van der Waals surface area contributed by atoms with E-state index in [-0.39, 0.29) is 11.1 Å². The molecular formula is C28H26F3N5O2. The van der Waals surface area contributed by atoms with E-state index in [0.717, 1.165) is 47.2 Å². The number of nitrogens with zero attached hydrogens (tertiary/aromatic N) is 4.